The molecule has 0 bridgehead atoms. The molecule has 0 aliphatic carbocycles. The van der Waals surface area contributed by atoms with Crippen LogP contribution in [0.4, 0.5) is 5.69 Å². The molecule has 0 atom stereocenters. The molecule has 37 heavy (non-hydrogen) atoms. The van der Waals surface area contributed by atoms with Gasteiger partial charge in [0, 0.05) is 48.2 Å². The van der Waals surface area contributed by atoms with Crippen molar-refractivity contribution in [3.8, 4) is 34.2 Å². The largest absolute Gasteiger partial charge is 0.489 e. The number of aromatic nitrogens is 1. The van der Waals surface area contributed by atoms with E-state index in [1.54, 1.807) is 0 Å². The molecule has 4 aromatic rings. The Labute approximate surface area is 216 Å². The van der Waals surface area contributed by atoms with E-state index in [1.165, 1.54) is 5.69 Å². The van der Waals surface area contributed by atoms with Gasteiger partial charge < -0.3 is 24.1 Å². The summed E-state index contributed by atoms with van der Waals surface area (Å²) in [6.07, 6.45) is 1.81. The maximum absolute atomic E-state index is 9.84. The van der Waals surface area contributed by atoms with Crippen LogP contribution in [0.15, 0.2) is 66.7 Å². The van der Waals surface area contributed by atoms with Crippen LogP contribution in [0.5, 0.6) is 5.75 Å². The lowest BCUT2D eigenvalue weighted by molar-refractivity contribution is -0.127. The Morgan fingerprint density at radius 1 is 0.919 bits per heavy atom. The van der Waals surface area contributed by atoms with Gasteiger partial charge in [0.1, 0.15) is 17.9 Å². The highest BCUT2D eigenvalue weighted by Gasteiger charge is 2.48. The highest BCUT2D eigenvalue weighted by atomic mass is 16.5. The predicted octanol–water partition coefficient (Wildman–Crippen LogP) is 5.77. The second kappa shape index (κ2) is 8.95. The molecule has 0 radical (unpaired) electrons. The van der Waals surface area contributed by atoms with Crippen molar-refractivity contribution in [2.45, 2.75) is 18.9 Å². The first-order valence-electron chi connectivity index (χ1n) is 13.0. The highest BCUT2D eigenvalue weighted by Crippen LogP contribution is 2.41. The normalized spacial score (nSPS) is 18.8. The lowest BCUT2D eigenvalue weighted by Gasteiger charge is -2.56. The minimum atomic E-state index is 0.100. The molecule has 1 aromatic heterocycles. The van der Waals surface area contributed by atoms with Crippen molar-refractivity contribution in [1.82, 2.24) is 4.98 Å². The molecule has 6 heteroatoms. The van der Waals surface area contributed by atoms with Crippen LogP contribution in [0.1, 0.15) is 18.4 Å². The average Bonchev–Trinajstić information content (AvgIpc) is 3.33. The molecular weight excluding hydrogens is 462 g/mol. The van der Waals surface area contributed by atoms with Crippen LogP contribution >= 0.6 is 0 Å². The van der Waals surface area contributed by atoms with Crippen molar-refractivity contribution >= 4 is 16.6 Å². The zero-order valence-corrected chi connectivity index (χ0v) is 20.7. The Kier molecular flexibility index (Phi) is 5.42. The fraction of sp³-hybridized carbons (Fsp3) is 0.323. The Bertz CT molecular complexity index is 1480. The highest BCUT2D eigenvalue weighted by molar-refractivity contribution is 5.98. The zero-order valence-electron chi connectivity index (χ0n) is 20.7. The third-order valence-corrected chi connectivity index (χ3v) is 7.95. The van der Waals surface area contributed by atoms with Crippen LogP contribution in [-0.2, 0) is 9.47 Å². The summed E-state index contributed by atoms with van der Waals surface area (Å²) in [5.74, 6) is 0.651. The quantitative estimate of drug-likeness (QED) is 0.384. The second-order valence-electron chi connectivity index (χ2n) is 10.6. The number of fused-ring (bicyclic) bond motifs is 1. The number of nitrogens with one attached hydrogen (secondary N) is 1. The van der Waals surface area contributed by atoms with E-state index in [9.17, 15) is 5.26 Å². The van der Waals surface area contributed by atoms with E-state index in [0.717, 1.165) is 72.4 Å². The number of ether oxygens (including phenoxy) is 3. The summed E-state index contributed by atoms with van der Waals surface area (Å²) in [7, 11) is 0. The van der Waals surface area contributed by atoms with Crippen molar-refractivity contribution in [1.29, 1.82) is 5.26 Å². The Morgan fingerprint density at radius 2 is 1.70 bits per heavy atom. The summed E-state index contributed by atoms with van der Waals surface area (Å²) in [4.78, 5) is 6.02. The van der Waals surface area contributed by atoms with E-state index < -0.39 is 0 Å². The minimum Gasteiger partial charge on any atom is -0.489 e. The van der Waals surface area contributed by atoms with Gasteiger partial charge in [0.05, 0.1) is 37.4 Å². The summed E-state index contributed by atoms with van der Waals surface area (Å²) in [5, 5.41) is 11.0. The molecule has 1 spiro atoms. The van der Waals surface area contributed by atoms with Gasteiger partial charge in [-0.05, 0) is 53.1 Å². The molecular formula is C31H29N3O3. The fourth-order valence-electron chi connectivity index (χ4n) is 5.79. The third-order valence-electron chi connectivity index (χ3n) is 7.95. The number of anilines is 1. The molecule has 0 unspecified atom stereocenters. The number of nitrogens with zero attached hydrogens (tertiary/aromatic N) is 2. The van der Waals surface area contributed by atoms with Gasteiger partial charge in [0.15, 0.2) is 0 Å². The Hall–Kier alpha value is -3.79. The average molecular weight is 492 g/mol. The zero-order chi connectivity index (χ0) is 24.8. The molecule has 6 nitrogen and oxygen atoms in total. The van der Waals surface area contributed by atoms with Crippen LogP contribution < -0.4 is 9.64 Å². The van der Waals surface area contributed by atoms with E-state index in [-0.39, 0.29) is 6.10 Å². The first-order chi connectivity index (χ1) is 18.2. The molecule has 3 aliphatic rings. The van der Waals surface area contributed by atoms with Crippen molar-refractivity contribution in [2.24, 2.45) is 5.41 Å². The van der Waals surface area contributed by atoms with Crippen LogP contribution in [0, 0.1) is 16.7 Å². The number of nitriles is 1. The molecule has 3 saturated heterocycles. The standard InChI is InChI=1S/C31H29N3O3/c32-16-23-14-22(6-9-30(23)37-25-10-12-35-13-11-25)26-2-1-3-28-27(26)15-29(33-28)21-4-7-24(8-5-21)34-17-31(18-34)19-36-20-31/h1-9,14-15,25,33H,10-13,17-20H2. The van der Waals surface area contributed by atoms with Gasteiger partial charge in [-0.3, -0.25) is 0 Å². The molecule has 186 valence electrons. The molecule has 3 fully saturated rings. The van der Waals surface area contributed by atoms with E-state index in [2.05, 4.69) is 70.6 Å². The molecule has 4 heterocycles. The summed E-state index contributed by atoms with van der Waals surface area (Å²) >= 11 is 0. The molecule has 3 aromatic carbocycles. The van der Waals surface area contributed by atoms with E-state index >= 15 is 0 Å². The van der Waals surface area contributed by atoms with Crippen LogP contribution in [0.25, 0.3) is 33.3 Å². The maximum Gasteiger partial charge on any atom is 0.137 e. The summed E-state index contributed by atoms with van der Waals surface area (Å²) in [6.45, 7) is 5.40. The summed E-state index contributed by atoms with van der Waals surface area (Å²) in [5.41, 5.74) is 7.67. The monoisotopic (exact) mass is 491 g/mol. The van der Waals surface area contributed by atoms with Crippen molar-refractivity contribution in [3.63, 3.8) is 0 Å². The second-order valence-corrected chi connectivity index (χ2v) is 10.6. The molecule has 1 N–H and O–H groups in total. The van der Waals surface area contributed by atoms with Crippen molar-refractivity contribution in [2.75, 3.05) is 44.4 Å². The minimum absolute atomic E-state index is 0.100. The van der Waals surface area contributed by atoms with Gasteiger partial charge in [-0.15, -0.1) is 0 Å². The van der Waals surface area contributed by atoms with E-state index in [4.69, 9.17) is 14.2 Å². The summed E-state index contributed by atoms with van der Waals surface area (Å²) in [6, 6.07) is 25.6. The van der Waals surface area contributed by atoms with Gasteiger partial charge in [-0.25, -0.2) is 0 Å². The SMILES string of the molecule is N#Cc1cc(-c2cccc3[nH]c(-c4ccc(N5CC6(COC6)C5)cc4)cc23)ccc1OC1CCOCC1. The number of benzene rings is 3. The lowest BCUT2D eigenvalue weighted by atomic mass is 9.78. The molecule has 0 amide bonds. The first kappa shape index (κ1) is 22.4. The van der Waals surface area contributed by atoms with E-state index in [0.29, 0.717) is 29.9 Å². The van der Waals surface area contributed by atoms with Gasteiger partial charge in [-0.1, -0.05) is 30.3 Å². The molecule has 0 saturated carbocycles. The smallest absolute Gasteiger partial charge is 0.137 e. The number of H-pyrrole nitrogens is 1. The van der Waals surface area contributed by atoms with Gasteiger partial charge in [0.2, 0.25) is 0 Å². The Balaban J connectivity index is 1.15. The lowest BCUT2D eigenvalue weighted by Crippen LogP contribution is -2.66. The number of hydrogen-bond acceptors (Lipinski definition) is 5. The third kappa shape index (κ3) is 4.05. The number of rotatable bonds is 5. The van der Waals surface area contributed by atoms with Gasteiger partial charge in [0.25, 0.3) is 0 Å². The van der Waals surface area contributed by atoms with Crippen LogP contribution in [-0.4, -0.2) is 50.6 Å². The molecule has 7 rings (SSSR count). The van der Waals surface area contributed by atoms with Crippen LogP contribution in [0.3, 0.4) is 0 Å². The van der Waals surface area contributed by atoms with Crippen molar-refractivity contribution < 1.29 is 14.2 Å². The first-order valence-corrected chi connectivity index (χ1v) is 13.0. The fourth-order valence-corrected chi connectivity index (χ4v) is 5.79. The van der Waals surface area contributed by atoms with Crippen LogP contribution in [0.2, 0.25) is 0 Å². The number of hydrogen-bond donors (Lipinski definition) is 1. The number of aromatic amines is 1. The van der Waals surface area contributed by atoms with Gasteiger partial charge in [-0.2, -0.15) is 5.26 Å². The molecule has 3 aliphatic heterocycles. The predicted molar refractivity (Wildman–Crippen MR) is 144 cm³/mol. The Morgan fingerprint density at radius 3 is 2.43 bits per heavy atom. The van der Waals surface area contributed by atoms with Crippen molar-refractivity contribution in [3.05, 3.63) is 72.3 Å². The summed E-state index contributed by atoms with van der Waals surface area (Å²) < 4.78 is 17.0. The van der Waals surface area contributed by atoms with Gasteiger partial charge >= 0.3 is 0 Å². The maximum atomic E-state index is 9.84. The van der Waals surface area contributed by atoms with E-state index in [1.807, 2.05) is 12.1 Å². The topological polar surface area (TPSA) is 70.5 Å².